The van der Waals surface area contributed by atoms with Crippen LogP contribution in [0.5, 0.6) is 0 Å². The van der Waals surface area contributed by atoms with E-state index in [-0.39, 0.29) is 13.1 Å². The van der Waals surface area contributed by atoms with Gasteiger partial charge in [-0.1, -0.05) is 0 Å². The molecule has 3 rings (SSSR count). The van der Waals surface area contributed by atoms with Crippen LogP contribution in [0.15, 0.2) is 17.7 Å². The third kappa shape index (κ3) is 2.53. The predicted molar refractivity (Wildman–Crippen MR) is 73.3 cm³/mol. The summed E-state index contributed by atoms with van der Waals surface area (Å²) >= 11 is 1.40. The first-order valence-corrected chi connectivity index (χ1v) is 8.23. The predicted octanol–water partition coefficient (Wildman–Crippen LogP) is -0.292. The number of urea groups is 1. The van der Waals surface area contributed by atoms with Crippen LogP contribution in [0.2, 0.25) is 0 Å². The smallest absolute Gasteiger partial charge is 0.328 e. The van der Waals surface area contributed by atoms with Crippen LogP contribution in [0, 0.1) is 0 Å². The molecule has 0 aromatic carbocycles. The van der Waals surface area contributed by atoms with Crippen LogP contribution in [0.3, 0.4) is 0 Å². The van der Waals surface area contributed by atoms with Crippen molar-refractivity contribution in [3.63, 3.8) is 0 Å². The monoisotopic (exact) mass is 332 g/mol. The van der Waals surface area contributed by atoms with Gasteiger partial charge in [0.2, 0.25) is 0 Å². The lowest BCUT2D eigenvalue weighted by atomic mass is 10.00. The molecule has 9 nitrogen and oxygen atoms in total. The van der Waals surface area contributed by atoms with Gasteiger partial charge in [-0.15, -0.1) is 15.6 Å². The Morgan fingerprint density at radius 2 is 2.33 bits per heavy atom. The maximum atomic E-state index is 12.2. The van der Waals surface area contributed by atoms with E-state index in [0.717, 1.165) is 5.57 Å². The molecular weight excluding hydrogens is 320 g/mol. The van der Waals surface area contributed by atoms with Crippen LogP contribution in [-0.2, 0) is 14.7 Å². The van der Waals surface area contributed by atoms with E-state index in [0.29, 0.717) is 10.1 Å². The fraction of sp³-hybridized carbons (Fsp3) is 0.400. The van der Waals surface area contributed by atoms with E-state index in [2.05, 4.69) is 9.27 Å². The summed E-state index contributed by atoms with van der Waals surface area (Å²) in [5.74, 6) is 0. The highest BCUT2D eigenvalue weighted by molar-refractivity contribution is 7.80. The molecule has 114 valence electrons. The third-order valence-electron chi connectivity index (χ3n) is 3.30. The molecule has 2 unspecified atom stereocenters. The zero-order chi connectivity index (χ0) is 15.2. The first-order valence-electron chi connectivity index (χ1n) is 5.99. The SMILES string of the molecule is NCC1C(c2nccs2)=CC2CN1C(=O)N2OS(=O)(=O)O. The van der Waals surface area contributed by atoms with Gasteiger partial charge < -0.3 is 10.6 Å². The molecule has 2 atom stereocenters. The second-order valence-corrected chi connectivity index (χ2v) is 6.44. The molecule has 21 heavy (non-hydrogen) atoms. The minimum atomic E-state index is -4.77. The maximum Gasteiger partial charge on any atom is 0.418 e. The van der Waals surface area contributed by atoms with Gasteiger partial charge in [0, 0.05) is 30.2 Å². The van der Waals surface area contributed by atoms with Crippen molar-refractivity contribution in [2.75, 3.05) is 13.1 Å². The zero-order valence-corrected chi connectivity index (χ0v) is 12.2. The molecule has 1 aromatic rings. The molecule has 0 spiro atoms. The number of carbonyl (C=O) groups is 1. The number of nitrogens with two attached hydrogens (primary N) is 1. The van der Waals surface area contributed by atoms with E-state index in [1.165, 1.54) is 16.2 Å². The van der Waals surface area contributed by atoms with Crippen LogP contribution in [-0.4, -0.2) is 59.1 Å². The standard InChI is InChI=1S/C10H12N4O5S2/c11-4-8-7(9-12-1-2-20-9)3-6-5-13(8)10(15)14(6)19-21(16,17)18/h1-3,6,8H,4-5,11H2,(H,16,17,18). The van der Waals surface area contributed by atoms with E-state index < -0.39 is 28.5 Å². The van der Waals surface area contributed by atoms with Crippen LogP contribution in [0.4, 0.5) is 4.79 Å². The molecule has 2 bridgehead atoms. The van der Waals surface area contributed by atoms with Crippen molar-refractivity contribution < 1.29 is 22.0 Å². The molecule has 2 aliphatic rings. The quantitative estimate of drug-likeness (QED) is 0.725. The highest BCUT2D eigenvalue weighted by Gasteiger charge is 2.47. The number of amides is 2. The number of hydrogen-bond donors (Lipinski definition) is 2. The maximum absolute atomic E-state index is 12.2. The fourth-order valence-electron chi connectivity index (χ4n) is 2.51. The molecule has 1 fully saturated rings. The summed E-state index contributed by atoms with van der Waals surface area (Å²) in [5.41, 5.74) is 6.48. The van der Waals surface area contributed by atoms with Crippen molar-refractivity contribution in [2.45, 2.75) is 12.1 Å². The minimum Gasteiger partial charge on any atom is -0.328 e. The van der Waals surface area contributed by atoms with E-state index in [1.54, 1.807) is 17.7 Å². The Morgan fingerprint density at radius 1 is 1.57 bits per heavy atom. The summed E-state index contributed by atoms with van der Waals surface area (Å²) in [6.45, 7) is 0.411. The first-order chi connectivity index (χ1) is 9.90. The fourth-order valence-corrected chi connectivity index (χ4v) is 3.60. The minimum absolute atomic E-state index is 0.170. The number of fused-ring (bicyclic) bond motifs is 2. The third-order valence-corrected chi connectivity index (χ3v) is 4.47. The molecule has 1 aromatic heterocycles. The summed E-state index contributed by atoms with van der Waals surface area (Å²) in [6, 6.07) is -1.69. The van der Waals surface area contributed by atoms with Gasteiger partial charge in [0.1, 0.15) is 5.01 Å². The topological polar surface area (TPSA) is 126 Å². The van der Waals surface area contributed by atoms with Crippen LogP contribution >= 0.6 is 11.3 Å². The van der Waals surface area contributed by atoms with Gasteiger partial charge in [0.15, 0.2) is 0 Å². The molecule has 0 aliphatic carbocycles. The van der Waals surface area contributed by atoms with E-state index in [9.17, 15) is 13.2 Å². The Bertz CT molecular complexity index is 686. The highest BCUT2D eigenvalue weighted by Crippen LogP contribution is 2.35. The van der Waals surface area contributed by atoms with Gasteiger partial charge >= 0.3 is 16.4 Å². The first kappa shape index (κ1) is 14.4. The number of carbonyl (C=O) groups excluding carboxylic acids is 1. The molecule has 2 aliphatic heterocycles. The van der Waals surface area contributed by atoms with Crippen molar-refractivity contribution in [3.05, 3.63) is 22.7 Å². The molecule has 0 saturated carbocycles. The Kier molecular flexibility index (Phi) is 3.45. The van der Waals surface area contributed by atoms with Crippen molar-refractivity contribution in [1.29, 1.82) is 0 Å². The molecular formula is C10H12N4O5S2. The average molecular weight is 332 g/mol. The molecule has 0 radical (unpaired) electrons. The lowest BCUT2D eigenvalue weighted by Gasteiger charge is -2.29. The lowest BCUT2D eigenvalue weighted by Crippen LogP contribution is -2.44. The summed E-state index contributed by atoms with van der Waals surface area (Å²) in [6.07, 6.45) is 3.33. The Labute approximate surface area is 124 Å². The van der Waals surface area contributed by atoms with E-state index in [1.807, 2.05) is 0 Å². The van der Waals surface area contributed by atoms with Crippen molar-refractivity contribution in [1.82, 2.24) is 14.9 Å². The van der Waals surface area contributed by atoms with Gasteiger partial charge in [-0.05, 0) is 6.08 Å². The largest absolute Gasteiger partial charge is 0.418 e. The number of nitrogens with zero attached hydrogens (tertiary/aromatic N) is 3. The van der Waals surface area contributed by atoms with E-state index in [4.69, 9.17) is 10.3 Å². The normalized spacial score (nSPS) is 25.4. The van der Waals surface area contributed by atoms with Crippen LogP contribution < -0.4 is 5.73 Å². The summed E-state index contributed by atoms with van der Waals surface area (Å²) in [7, 11) is -4.77. The van der Waals surface area contributed by atoms with Gasteiger partial charge in [-0.3, -0.25) is 4.55 Å². The van der Waals surface area contributed by atoms with Gasteiger partial charge in [-0.25, -0.2) is 9.78 Å². The lowest BCUT2D eigenvalue weighted by molar-refractivity contribution is -0.0185. The summed E-state index contributed by atoms with van der Waals surface area (Å²) in [4.78, 5) is 17.8. The summed E-state index contributed by atoms with van der Waals surface area (Å²) in [5, 5.41) is 3.14. The number of aromatic nitrogens is 1. The molecule has 3 heterocycles. The van der Waals surface area contributed by atoms with Crippen molar-refractivity contribution >= 4 is 33.3 Å². The molecule has 3 N–H and O–H groups in total. The zero-order valence-electron chi connectivity index (χ0n) is 10.6. The van der Waals surface area contributed by atoms with Crippen molar-refractivity contribution in [3.8, 4) is 0 Å². The second-order valence-electron chi connectivity index (χ2n) is 4.54. The van der Waals surface area contributed by atoms with Crippen LogP contribution in [0.1, 0.15) is 5.01 Å². The average Bonchev–Trinajstić information content (AvgIpc) is 3.01. The number of hydrogen-bond acceptors (Lipinski definition) is 7. The number of hydroxylamine groups is 2. The Balaban J connectivity index is 1.98. The Hall–Kier alpha value is -1.53. The molecule has 2 amide bonds. The van der Waals surface area contributed by atoms with Crippen molar-refractivity contribution in [2.24, 2.45) is 5.73 Å². The molecule has 11 heteroatoms. The van der Waals surface area contributed by atoms with Crippen LogP contribution in [0.25, 0.3) is 5.57 Å². The van der Waals surface area contributed by atoms with Gasteiger partial charge in [0.25, 0.3) is 0 Å². The summed E-state index contributed by atoms with van der Waals surface area (Å²) < 4.78 is 34.8. The number of rotatable bonds is 4. The van der Waals surface area contributed by atoms with Gasteiger partial charge in [-0.2, -0.15) is 13.5 Å². The molecule has 1 saturated heterocycles. The Morgan fingerprint density at radius 3 is 2.90 bits per heavy atom. The van der Waals surface area contributed by atoms with Gasteiger partial charge in [0.05, 0.1) is 12.1 Å². The second kappa shape index (κ2) is 5.03. The number of thiazole rings is 1. The highest BCUT2D eigenvalue weighted by atomic mass is 32.3. The van der Waals surface area contributed by atoms with E-state index >= 15 is 0 Å².